The average molecular weight is 492 g/mol. The number of Topliss-reactive ketones (excluding diaryl/α,β-unsaturated/α-hetero) is 2. The molecule has 5 rings (SSSR count). The number of carbonyl (C=O) groups is 2. The van der Waals surface area contributed by atoms with Gasteiger partial charge in [0.15, 0.2) is 11.6 Å². The molecule has 0 saturated carbocycles. The topological polar surface area (TPSA) is 46.6 Å². The molecular weight excluding hydrogens is 458 g/mol. The van der Waals surface area contributed by atoms with E-state index in [2.05, 4.69) is 38.1 Å². The molecule has 37 heavy (non-hydrogen) atoms. The zero-order valence-corrected chi connectivity index (χ0v) is 22.0. The second kappa shape index (κ2) is 10.2. The molecule has 3 aromatic rings. The van der Waals surface area contributed by atoms with Gasteiger partial charge < -0.3 is 9.64 Å². The van der Waals surface area contributed by atoms with Crippen molar-refractivity contribution in [3.8, 4) is 5.75 Å². The number of rotatable bonds is 6. The van der Waals surface area contributed by atoms with Gasteiger partial charge in [0.2, 0.25) is 0 Å². The summed E-state index contributed by atoms with van der Waals surface area (Å²) in [4.78, 5) is 29.7. The van der Waals surface area contributed by atoms with Crippen LogP contribution in [0.4, 0.5) is 5.69 Å². The second-order valence-corrected chi connectivity index (χ2v) is 10.2. The van der Waals surface area contributed by atoms with Crippen LogP contribution >= 0.6 is 0 Å². The van der Waals surface area contributed by atoms with Gasteiger partial charge >= 0.3 is 0 Å². The molecule has 0 aromatic heterocycles. The second-order valence-electron chi connectivity index (χ2n) is 10.2. The Bertz CT molecular complexity index is 1380. The van der Waals surface area contributed by atoms with E-state index in [1.807, 2.05) is 66.6 Å². The SMILES string of the molecule is COc1ccc(N2C=C(C(=O)c3ccc(C)cc3)C(c3ccc(C(C)C)cc3)C3=C2CCCC3=O)cc1. The van der Waals surface area contributed by atoms with Gasteiger partial charge in [-0.15, -0.1) is 0 Å². The van der Waals surface area contributed by atoms with E-state index in [0.717, 1.165) is 46.7 Å². The summed E-state index contributed by atoms with van der Waals surface area (Å²) in [6.45, 7) is 6.34. The molecule has 1 unspecified atom stereocenters. The number of hydrogen-bond acceptors (Lipinski definition) is 4. The molecule has 1 atom stereocenters. The summed E-state index contributed by atoms with van der Waals surface area (Å²) < 4.78 is 5.35. The fourth-order valence-corrected chi connectivity index (χ4v) is 5.33. The number of anilines is 1. The maximum atomic E-state index is 14.1. The van der Waals surface area contributed by atoms with E-state index in [0.29, 0.717) is 23.5 Å². The Hall–Kier alpha value is -3.92. The monoisotopic (exact) mass is 491 g/mol. The summed E-state index contributed by atoms with van der Waals surface area (Å²) in [5, 5.41) is 0. The van der Waals surface area contributed by atoms with E-state index in [1.54, 1.807) is 7.11 Å². The average Bonchev–Trinajstić information content (AvgIpc) is 2.92. The van der Waals surface area contributed by atoms with Crippen molar-refractivity contribution in [1.82, 2.24) is 0 Å². The molecule has 4 nitrogen and oxygen atoms in total. The van der Waals surface area contributed by atoms with Gasteiger partial charge in [-0.1, -0.05) is 67.9 Å². The quantitative estimate of drug-likeness (QED) is 0.335. The van der Waals surface area contributed by atoms with Crippen molar-refractivity contribution in [2.75, 3.05) is 12.0 Å². The van der Waals surface area contributed by atoms with E-state index >= 15 is 0 Å². The molecule has 0 spiro atoms. The maximum absolute atomic E-state index is 14.1. The molecular formula is C33H33NO3. The highest BCUT2D eigenvalue weighted by atomic mass is 16.5. The third-order valence-electron chi connectivity index (χ3n) is 7.45. The van der Waals surface area contributed by atoms with Crippen LogP contribution in [0.5, 0.6) is 5.75 Å². The molecule has 0 saturated heterocycles. The number of ketones is 2. The summed E-state index contributed by atoms with van der Waals surface area (Å²) in [6.07, 6.45) is 4.05. The summed E-state index contributed by atoms with van der Waals surface area (Å²) >= 11 is 0. The van der Waals surface area contributed by atoms with Crippen LogP contribution in [0, 0.1) is 6.92 Å². The van der Waals surface area contributed by atoms with Crippen LogP contribution in [-0.4, -0.2) is 18.7 Å². The number of allylic oxidation sites excluding steroid dienone is 3. The summed E-state index contributed by atoms with van der Waals surface area (Å²) in [7, 11) is 1.64. The molecule has 0 fully saturated rings. The number of ether oxygens (including phenoxy) is 1. The van der Waals surface area contributed by atoms with Crippen LogP contribution in [0.15, 0.2) is 95.8 Å². The first kappa shape index (κ1) is 24.8. The lowest BCUT2D eigenvalue weighted by molar-refractivity contribution is -0.116. The fraction of sp³-hybridized carbons (Fsp3) is 0.273. The van der Waals surface area contributed by atoms with Gasteiger partial charge in [-0.05, 0) is 61.1 Å². The fourth-order valence-electron chi connectivity index (χ4n) is 5.33. The molecule has 0 N–H and O–H groups in total. The largest absolute Gasteiger partial charge is 0.497 e. The minimum Gasteiger partial charge on any atom is -0.497 e. The molecule has 0 bridgehead atoms. The highest BCUT2D eigenvalue weighted by Crippen LogP contribution is 2.46. The van der Waals surface area contributed by atoms with Crippen molar-refractivity contribution < 1.29 is 14.3 Å². The smallest absolute Gasteiger partial charge is 0.191 e. The molecule has 188 valence electrons. The summed E-state index contributed by atoms with van der Waals surface area (Å²) in [5.41, 5.74) is 7.20. The van der Waals surface area contributed by atoms with Gasteiger partial charge in [-0.25, -0.2) is 0 Å². The third-order valence-corrected chi connectivity index (χ3v) is 7.45. The van der Waals surface area contributed by atoms with Gasteiger partial charge in [0.25, 0.3) is 0 Å². The van der Waals surface area contributed by atoms with Crippen molar-refractivity contribution >= 4 is 17.3 Å². The summed E-state index contributed by atoms with van der Waals surface area (Å²) in [5.74, 6) is 0.840. The van der Waals surface area contributed by atoms with Crippen molar-refractivity contribution in [3.05, 3.63) is 118 Å². The van der Waals surface area contributed by atoms with Crippen LogP contribution in [0.2, 0.25) is 0 Å². The number of hydrogen-bond donors (Lipinski definition) is 0. The molecule has 3 aromatic carbocycles. The summed E-state index contributed by atoms with van der Waals surface area (Å²) in [6, 6.07) is 23.9. The van der Waals surface area contributed by atoms with E-state index in [-0.39, 0.29) is 11.6 Å². The van der Waals surface area contributed by atoms with Crippen molar-refractivity contribution in [2.45, 2.75) is 51.9 Å². The Labute approximate surface area is 219 Å². The minimum absolute atomic E-state index is 0.0543. The third kappa shape index (κ3) is 4.76. The normalized spacial score (nSPS) is 17.5. The van der Waals surface area contributed by atoms with E-state index in [4.69, 9.17) is 4.74 Å². The van der Waals surface area contributed by atoms with Crippen LogP contribution in [0.3, 0.4) is 0 Å². The molecule has 1 aliphatic carbocycles. The Morgan fingerprint density at radius 1 is 0.919 bits per heavy atom. The Balaban J connectivity index is 1.69. The lowest BCUT2D eigenvalue weighted by Crippen LogP contribution is -2.34. The number of benzene rings is 3. The molecule has 0 radical (unpaired) electrons. The van der Waals surface area contributed by atoms with Gasteiger partial charge in [-0.2, -0.15) is 0 Å². The predicted molar refractivity (Wildman–Crippen MR) is 148 cm³/mol. The molecule has 0 amide bonds. The first-order chi connectivity index (χ1) is 17.9. The highest BCUT2D eigenvalue weighted by molar-refractivity contribution is 6.13. The van der Waals surface area contributed by atoms with Gasteiger partial charge in [0.1, 0.15) is 5.75 Å². The van der Waals surface area contributed by atoms with Crippen molar-refractivity contribution in [2.24, 2.45) is 0 Å². The Kier molecular flexibility index (Phi) is 6.84. The zero-order chi connectivity index (χ0) is 26.1. The van der Waals surface area contributed by atoms with E-state index in [9.17, 15) is 9.59 Å². The lowest BCUT2D eigenvalue weighted by Gasteiger charge is -2.38. The van der Waals surface area contributed by atoms with Crippen LogP contribution in [0.25, 0.3) is 0 Å². The van der Waals surface area contributed by atoms with E-state index < -0.39 is 5.92 Å². The first-order valence-corrected chi connectivity index (χ1v) is 13.0. The van der Waals surface area contributed by atoms with E-state index in [1.165, 1.54) is 5.56 Å². The number of carbonyl (C=O) groups excluding carboxylic acids is 2. The number of methoxy groups -OCH3 is 1. The highest BCUT2D eigenvalue weighted by Gasteiger charge is 2.39. The molecule has 1 aliphatic heterocycles. The van der Waals surface area contributed by atoms with Crippen LogP contribution in [-0.2, 0) is 4.79 Å². The predicted octanol–water partition coefficient (Wildman–Crippen LogP) is 7.50. The minimum atomic E-state index is -0.396. The first-order valence-electron chi connectivity index (χ1n) is 13.0. The van der Waals surface area contributed by atoms with Gasteiger partial charge in [0.05, 0.1) is 7.11 Å². The number of nitrogens with zero attached hydrogens (tertiary/aromatic N) is 1. The Morgan fingerprint density at radius 3 is 2.22 bits per heavy atom. The van der Waals surface area contributed by atoms with Crippen molar-refractivity contribution in [3.63, 3.8) is 0 Å². The van der Waals surface area contributed by atoms with Gasteiger partial charge in [-0.3, -0.25) is 9.59 Å². The van der Waals surface area contributed by atoms with Crippen molar-refractivity contribution in [1.29, 1.82) is 0 Å². The standard InChI is InChI=1S/C33H33NO3/c1-21(2)23-12-14-24(15-13-23)31-28(33(36)25-10-8-22(3)9-11-25)20-34(26-16-18-27(37-4)19-17-26)29-6-5-7-30(35)32(29)31/h8-21,31H,5-7H2,1-4H3. The lowest BCUT2D eigenvalue weighted by atomic mass is 9.74. The molecule has 4 heteroatoms. The Morgan fingerprint density at radius 2 is 1.59 bits per heavy atom. The molecule has 2 aliphatic rings. The number of aryl methyl sites for hydroxylation is 1. The van der Waals surface area contributed by atoms with Gasteiger partial charge in [0, 0.05) is 46.6 Å². The maximum Gasteiger partial charge on any atom is 0.191 e. The molecule has 1 heterocycles. The van der Waals surface area contributed by atoms with Crippen LogP contribution in [0.1, 0.15) is 72.0 Å². The van der Waals surface area contributed by atoms with Crippen LogP contribution < -0.4 is 9.64 Å². The zero-order valence-electron chi connectivity index (χ0n) is 22.0.